The van der Waals surface area contributed by atoms with Crippen LogP contribution in [0.3, 0.4) is 0 Å². The maximum Gasteiger partial charge on any atom is 0.0576 e. The minimum atomic E-state index is 0.672. The molecule has 0 bridgehead atoms. The lowest BCUT2D eigenvalue weighted by Crippen LogP contribution is -2.06. The van der Waals surface area contributed by atoms with Crippen LogP contribution in [0, 0.1) is 12.8 Å². The zero-order valence-corrected chi connectivity index (χ0v) is 15.3. The Balaban J connectivity index is 1.80. The van der Waals surface area contributed by atoms with Gasteiger partial charge in [0.25, 0.3) is 0 Å². The molecule has 0 saturated carbocycles. The molecule has 25 heavy (non-hydrogen) atoms. The summed E-state index contributed by atoms with van der Waals surface area (Å²) in [5.41, 5.74) is 3.75. The molecule has 0 radical (unpaired) electrons. The topological polar surface area (TPSA) is 12.4 Å². The van der Waals surface area contributed by atoms with E-state index in [4.69, 9.17) is 4.99 Å². The van der Waals surface area contributed by atoms with Crippen LogP contribution in [0.4, 0.5) is 0 Å². The lowest BCUT2D eigenvalue weighted by molar-refractivity contribution is 0.537. The first-order valence-electron chi connectivity index (χ1n) is 9.28. The predicted molar refractivity (Wildman–Crippen MR) is 111 cm³/mol. The zero-order valence-electron chi connectivity index (χ0n) is 15.3. The number of fused-ring (bicyclic) bond motifs is 1. The molecule has 0 aliphatic carbocycles. The Hall–Kier alpha value is -2.41. The highest BCUT2D eigenvalue weighted by molar-refractivity contribution is 5.99. The van der Waals surface area contributed by atoms with Crippen molar-refractivity contribution in [1.82, 2.24) is 0 Å². The van der Waals surface area contributed by atoms with Gasteiger partial charge in [0.15, 0.2) is 0 Å². The van der Waals surface area contributed by atoms with E-state index in [0.717, 1.165) is 19.4 Å². The fourth-order valence-corrected chi connectivity index (χ4v) is 3.21. The van der Waals surface area contributed by atoms with Crippen LogP contribution >= 0.6 is 0 Å². The van der Waals surface area contributed by atoms with Crippen molar-refractivity contribution in [1.29, 1.82) is 0 Å². The molecule has 128 valence electrons. The molecule has 1 aliphatic rings. The number of allylic oxidation sites excluding steroid dienone is 4. The van der Waals surface area contributed by atoms with Crippen molar-refractivity contribution < 1.29 is 0 Å². The normalized spacial score (nSPS) is 23.3. The number of rotatable bonds is 3. The highest BCUT2D eigenvalue weighted by Gasteiger charge is 2.08. The summed E-state index contributed by atoms with van der Waals surface area (Å²) in [6, 6.07) is 13.3. The summed E-state index contributed by atoms with van der Waals surface area (Å²) in [6.07, 6.45) is 16.4. The van der Waals surface area contributed by atoms with Crippen LogP contribution in [0.25, 0.3) is 16.8 Å². The van der Waals surface area contributed by atoms with Crippen LogP contribution in [-0.2, 0) is 0 Å². The Kier molecular flexibility index (Phi) is 6.00. The quantitative estimate of drug-likeness (QED) is 0.606. The second-order valence-electron chi connectivity index (χ2n) is 6.85. The highest BCUT2D eigenvalue weighted by Crippen LogP contribution is 2.20. The molecule has 1 nitrogen and oxygen atoms in total. The van der Waals surface area contributed by atoms with Gasteiger partial charge in [0.05, 0.1) is 6.54 Å². The summed E-state index contributed by atoms with van der Waals surface area (Å²) in [6.45, 7) is 5.17. The first kappa shape index (κ1) is 17.4. The highest BCUT2D eigenvalue weighted by atomic mass is 14.7. The SMILES string of the molecule is CCC1C/C=C\C=C/C/N=C(/C=C/c2ccc3cc(C)ccc3c2)C1. The lowest BCUT2D eigenvalue weighted by atomic mass is 9.94. The zero-order chi connectivity index (χ0) is 17.5. The summed E-state index contributed by atoms with van der Waals surface area (Å²) in [5.74, 6) is 0.672. The summed E-state index contributed by atoms with van der Waals surface area (Å²) >= 11 is 0. The first-order valence-corrected chi connectivity index (χ1v) is 9.28. The number of benzene rings is 2. The molecule has 2 aromatic carbocycles. The molecule has 3 rings (SSSR count). The molecule has 1 unspecified atom stereocenters. The van der Waals surface area contributed by atoms with Gasteiger partial charge in [-0.2, -0.15) is 0 Å². The fraction of sp³-hybridized carbons (Fsp3) is 0.292. The van der Waals surface area contributed by atoms with Crippen LogP contribution in [0.2, 0.25) is 0 Å². The van der Waals surface area contributed by atoms with Gasteiger partial charge in [-0.3, -0.25) is 4.99 Å². The van der Waals surface area contributed by atoms with Crippen molar-refractivity contribution in [3.63, 3.8) is 0 Å². The van der Waals surface area contributed by atoms with Crippen molar-refractivity contribution in [3.05, 3.63) is 77.9 Å². The average molecular weight is 329 g/mol. The van der Waals surface area contributed by atoms with Gasteiger partial charge >= 0.3 is 0 Å². The number of hydrogen-bond donors (Lipinski definition) is 0. The Labute approximate surface area is 151 Å². The first-order chi connectivity index (χ1) is 12.2. The van der Waals surface area contributed by atoms with Gasteiger partial charge in [-0.05, 0) is 54.2 Å². The second kappa shape index (κ2) is 8.62. The Bertz CT molecular complexity index is 836. The molecule has 0 fully saturated rings. The minimum absolute atomic E-state index is 0.672. The molecule has 0 spiro atoms. The molecule has 2 aromatic rings. The molecule has 1 heterocycles. The van der Waals surface area contributed by atoms with E-state index in [-0.39, 0.29) is 0 Å². The molecular weight excluding hydrogens is 302 g/mol. The van der Waals surface area contributed by atoms with E-state index in [9.17, 15) is 0 Å². The second-order valence-corrected chi connectivity index (χ2v) is 6.85. The van der Waals surface area contributed by atoms with Gasteiger partial charge in [-0.1, -0.05) is 79.6 Å². The monoisotopic (exact) mass is 329 g/mol. The summed E-state index contributed by atoms with van der Waals surface area (Å²) < 4.78 is 0. The van der Waals surface area contributed by atoms with Crippen LogP contribution in [0.1, 0.15) is 37.3 Å². The Morgan fingerprint density at radius 1 is 1.00 bits per heavy atom. The number of aryl methyl sites for hydroxylation is 1. The van der Waals surface area contributed by atoms with Crippen molar-refractivity contribution >= 4 is 22.6 Å². The van der Waals surface area contributed by atoms with E-state index >= 15 is 0 Å². The minimum Gasteiger partial charge on any atom is -0.286 e. The van der Waals surface area contributed by atoms with Gasteiger partial charge in [0.1, 0.15) is 0 Å². The van der Waals surface area contributed by atoms with E-state index in [0.29, 0.717) is 5.92 Å². The summed E-state index contributed by atoms with van der Waals surface area (Å²) in [4.78, 5) is 4.78. The van der Waals surface area contributed by atoms with Gasteiger partial charge < -0.3 is 0 Å². The smallest absolute Gasteiger partial charge is 0.0576 e. The van der Waals surface area contributed by atoms with E-state index in [1.54, 1.807) is 0 Å². The lowest BCUT2D eigenvalue weighted by Gasteiger charge is -2.13. The fourth-order valence-electron chi connectivity index (χ4n) is 3.21. The Morgan fingerprint density at radius 3 is 2.68 bits per heavy atom. The third-order valence-electron chi connectivity index (χ3n) is 4.82. The van der Waals surface area contributed by atoms with E-state index < -0.39 is 0 Å². The van der Waals surface area contributed by atoms with E-state index in [1.807, 2.05) is 0 Å². The number of nitrogens with zero attached hydrogens (tertiary/aromatic N) is 1. The third-order valence-corrected chi connectivity index (χ3v) is 4.82. The summed E-state index contributed by atoms with van der Waals surface area (Å²) in [7, 11) is 0. The van der Waals surface area contributed by atoms with Gasteiger partial charge in [-0.25, -0.2) is 0 Å². The van der Waals surface area contributed by atoms with Gasteiger partial charge in [0.2, 0.25) is 0 Å². The van der Waals surface area contributed by atoms with Crippen molar-refractivity contribution in [2.24, 2.45) is 10.9 Å². The molecule has 1 atom stereocenters. The van der Waals surface area contributed by atoms with Crippen LogP contribution in [0.15, 0.2) is 71.8 Å². The van der Waals surface area contributed by atoms with Crippen LogP contribution < -0.4 is 0 Å². The average Bonchev–Trinajstić information content (AvgIpc) is 2.64. The van der Waals surface area contributed by atoms with E-state index in [2.05, 4.69) is 86.7 Å². The molecule has 0 saturated heterocycles. The summed E-state index contributed by atoms with van der Waals surface area (Å²) in [5, 5.41) is 2.59. The molecule has 1 heteroatoms. The maximum absolute atomic E-state index is 4.78. The molecule has 1 aliphatic heterocycles. The molecule has 0 aromatic heterocycles. The third kappa shape index (κ3) is 5.03. The number of aliphatic imine (C=N–C) groups is 1. The van der Waals surface area contributed by atoms with Crippen molar-refractivity contribution in [3.8, 4) is 0 Å². The van der Waals surface area contributed by atoms with Gasteiger partial charge in [-0.15, -0.1) is 0 Å². The maximum atomic E-state index is 4.78. The van der Waals surface area contributed by atoms with Crippen molar-refractivity contribution in [2.45, 2.75) is 33.1 Å². The van der Waals surface area contributed by atoms with Gasteiger partial charge in [0, 0.05) is 5.71 Å². The standard InChI is InChI=1S/C24H27N/c1-3-20-8-6-4-5-7-15-25-24(18-20)14-11-21-10-13-22-16-19(2)9-12-23(22)17-21/h4-7,9-14,16-17,20H,3,8,15,18H2,1-2H3/b6-4-,7-5-,14-11+,25-24-. The molecular formula is C24H27N. The van der Waals surface area contributed by atoms with Crippen molar-refractivity contribution in [2.75, 3.05) is 6.54 Å². The van der Waals surface area contributed by atoms with Crippen LogP contribution in [0.5, 0.6) is 0 Å². The molecule has 0 N–H and O–H groups in total. The molecule has 0 amide bonds. The van der Waals surface area contributed by atoms with Crippen LogP contribution in [-0.4, -0.2) is 12.3 Å². The predicted octanol–water partition coefficient (Wildman–Crippen LogP) is 6.53. The Morgan fingerprint density at radius 2 is 1.80 bits per heavy atom. The number of hydrogen-bond acceptors (Lipinski definition) is 1. The van der Waals surface area contributed by atoms with E-state index in [1.165, 1.54) is 34.0 Å². The largest absolute Gasteiger partial charge is 0.286 e.